The zero-order valence-electron chi connectivity index (χ0n) is 7.93. The molecule has 0 heteroatoms. The monoisotopic (exact) mass is 160 g/mol. The minimum atomic E-state index is 1.03. The lowest BCUT2D eigenvalue weighted by Gasteiger charge is -1.97. The zero-order valence-corrected chi connectivity index (χ0v) is 7.93. The van der Waals surface area contributed by atoms with Crippen LogP contribution in [0.15, 0.2) is 60.8 Å². The fraction of sp³-hybridized carbons (Fsp3) is 0.167. The summed E-state index contributed by atoms with van der Waals surface area (Å²) in [6.45, 7) is 15.2. The normalized spacial score (nSPS) is 12.5. The maximum Gasteiger partial charge on any atom is -0.0233 e. The average molecular weight is 160 g/mol. The Balaban J connectivity index is 4.70. The van der Waals surface area contributed by atoms with E-state index in [0.717, 1.165) is 16.7 Å². The highest BCUT2D eigenvalue weighted by atomic mass is 13.9. The van der Waals surface area contributed by atoms with Crippen LogP contribution >= 0.6 is 0 Å². The lowest BCUT2D eigenvalue weighted by molar-refractivity contribution is 1.45. The van der Waals surface area contributed by atoms with Gasteiger partial charge in [-0.05, 0) is 25.0 Å². The molecule has 0 aromatic heterocycles. The van der Waals surface area contributed by atoms with Crippen molar-refractivity contribution in [3.8, 4) is 0 Å². The molecule has 64 valence electrons. The third-order valence-corrected chi connectivity index (χ3v) is 1.53. The van der Waals surface area contributed by atoms with Gasteiger partial charge in [-0.3, -0.25) is 0 Å². The van der Waals surface area contributed by atoms with Gasteiger partial charge in [0.15, 0.2) is 0 Å². The van der Waals surface area contributed by atoms with Crippen molar-refractivity contribution in [3.05, 3.63) is 60.8 Å². The van der Waals surface area contributed by atoms with Crippen LogP contribution in [0.1, 0.15) is 13.8 Å². The van der Waals surface area contributed by atoms with E-state index in [1.807, 2.05) is 38.2 Å². The van der Waals surface area contributed by atoms with Crippen molar-refractivity contribution in [1.29, 1.82) is 0 Å². The van der Waals surface area contributed by atoms with Gasteiger partial charge in [-0.25, -0.2) is 0 Å². The second-order valence-corrected chi connectivity index (χ2v) is 2.73. The fourth-order valence-electron chi connectivity index (χ4n) is 0.710. The predicted molar refractivity (Wildman–Crippen MR) is 57.0 cm³/mol. The molecule has 0 N–H and O–H groups in total. The van der Waals surface area contributed by atoms with E-state index in [4.69, 9.17) is 0 Å². The van der Waals surface area contributed by atoms with Gasteiger partial charge in [-0.1, -0.05) is 49.6 Å². The van der Waals surface area contributed by atoms with Gasteiger partial charge in [0, 0.05) is 0 Å². The van der Waals surface area contributed by atoms with Gasteiger partial charge >= 0.3 is 0 Å². The van der Waals surface area contributed by atoms with Gasteiger partial charge in [-0.15, -0.1) is 0 Å². The Kier molecular flexibility index (Phi) is 4.78. The number of rotatable bonds is 4. The van der Waals surface area contributed by atoms with Crippen molar-refractivity contribution in [2.45, 2.75) is 13.8 Å². The summed E-state index contributed by atoms with van der Waals surface area (Å²) in [5, 5.41) is 0. The molecule has 0 spiro atoms. The van der Waals surface area contributed by atoms with Crippen LogP contribution in [-0.2, 0) is 0 Å². The molecule has 0 bridgehead atoms. The van der Waals surface area contributed by atoms with E-state index >= 15 is 0 Å². The molecular formula is C12H16. The first kappa shape index (κ1) is 10.7. The molecule has 0 unspecified atom stereocenters. The Bertz CT molecular complexity index is 249. The first-order valence-corrected chi connectivity index (χ1v) is 3.91. The Morgan fingerprint density at radius 2 is 1.58 bits per heavy atom. The van der Waals surface area contributed by atoms with E-state index in [1.54, 1.807) is 0 Å². The summed E-state index contributed by atoms with van der Waals surface area (Å²) in [7, 11) is 0. The lowest BCUT2D eigenvalue weighted by atomic mass is 10.1. The van der Waals surface area contributed by atoms with Crippen LogP contribution in [0.5, 0.6) is 0 Å². The summed E-state index contributed by atoms with van der Waals surface area (Å²) in [6.07, 6.45) is 7.59. The highest BCUT2D eigenvalue weighted by Gasteiger charge is 1.88. The van der Waals surface area contributed by atoms with Crippen molar-refractivity contribution in [1.82, 2.24) is 0 Å². The molecule has 0 saturated heterocycles. The molecule has 0 saturated carbocycles. The second kappa shape index (κ2) is 5.36. The Labute approximate surface area is 75.3 Å². The second-order valence-electron chi connectivity index (χ2n) is 2.73. The summed E-state index contributed by atoms with van der Waals surface area (Å²) in [4.78, 5) is 0. The van der Waals surface area contributed by atoms with Crippen molar-refractivity contribution in [3.63, 3.8) is 0 Å². The predicted octanol–water partition coefficient (Wildman–Crippen LogP) is 3.81. The van der Waals surface area contributed by atoms with E-state index in [0.29, 0.717) is 0 Å². The SMILES string of the molecule is C=C/C(C)=C(C=C)/C=C\C(=C)C. The van der Waals surface area contributed by atoms with Crippen LogP contribution in [0.25, 0.3) is 0 Å². The van der Waals surface area contributed by atoms with Gasteiger partial charge in [0.2, 0.25) is 0 Å². The smallest absolute Gasteiger partial charge is 0.0233 e. The van der Waals surface area contributed by atoms with Crippen LogP contribution in [0.2, 0.25) is 0 Å². The standard InChI is InChI=1S/C12H16/c1-6-11(5)12(7-2)9-8-10(3)4/h6-9H,1-3H2,4-5H3/b9-8-,12-11+. The van der Waals surface area contributed by atoms with Crippen LogP contribution in [-0.4, -0.2) is 0 Å². The molecule has 0 heterocycles. The third-order valence-electron chi connectivity index (χ3n) is 1.53. The molecule has 0 atom stereocenters. The molecular weight excluding hydrogens is 144 g/mol. The minimum Gasteiger partial charge on any atom is -0.0988 e. The summed E-state index contributed by atoms with van der Waals surface area (Å²) >= 11 is 0. The molecule has 0 nitrogen and oxygen atoms in total. The Morgan fingerprint density at radius 3 is 1.92 bits per heavy atom. The van der Waals surface area contributed by atoms with Gasteiger partial charge in [0.25, 0.3) is 0 Å². The molecule has 0 amide bonds. The molecule has 0 aliphatic heterocycles. The summed E-state index contributed by atoms with van der Waals surface area (Å²) in [5.74, 6) is 0. The molecule has 0 aliphatic rings. The van der Waals surface area contributed by atoms with Crippen LogP contribution in [0.3, 0.4) is 0 Å². The first-order chi connectivity index (χ1) is 5.61. The molecule has 12 heavy (non-hydrogen) atoms. The van der Waals surface area contributed by atoms with Crippen molar-refractivity contribution in [2.75, 3.05) is 0 Å². The van der Waals surface area contributed by atoms with Crippen molar-refractivity contribution >= 4 is 0 Å². The topological polar surface area (TPSA) is 0 Å². The maximum absolute atomic E-state index is 3.78. The largest absolute Gasteiger partial charge is 0.0988 e. The number of hydrogen-bond donors (Lipinski definition) is 0. The highest BCUT2D eigenvalue weighted by molar-refractivity contribution is 5.40. The van der Waals surface area contributed by atoms with E-state index in [2.05, 4.69) is 19.7 Å². The fourth-order valence-corrected chi connectivity index (χ4v) is 0.710. The molecule has 0 rings (SSSR count). The lowest BCUT2D eigenvalue weighted by Crippen LogP contribution is -1.77. The van der Waals surface area contributed by atoms with E-state index < -0.39 is 0 Å². The van der Waals surface area contributed by atoms with Crippen molar-refractivity contribution < 1.29 is 0 Å². The van der Waals surface area contributed by atoms with Gasteiger partial charge in [-0.2, -0.15) is 0 Å². The van der Waals surface area contributed by atoms with Gasteiger partial charge in [0.05, 0.1) is 0 Å². The van der Waals surface area contributed by atoms with Crippen LogP contribution < -0.4 is 0 Å². The van der Waals surface area contributed by atoms with Gasteiger partial charge < -0.3 is 0 Å². The highest BCUT2D eigenvalue weighted by Crippen LogP contribution is 2.08. The van der Waals surface area contributed by atoms with E-state index in [1.165, 1.54) is 0 Å². The Hall–Kier alpha value is -1.30. The molecule has 0 aromatic carbocycles. The zero-order chi connectivity index (χ0) is 9.56. The van der Waals surface area contributed by atoms with Crippen molar-refractivity contribution in [2.24, 2.45) is 0 Å². The Morgan fingerprint density at radius 1 is 1.00 bits per heavy atom. The summed E-state index contributed by atoms with van der Waals surface area (Å²) in [5.41, 5.74) is 3.25. The first-order valence-electron chi connectivity index (χ1n) is 3.91. The van der Waals surface area contributed by atoms with Crippen LogP contribution in [0.4, 0.5) is 0 Å². The number of hydrogen-bond acceptors (Lipinski definition) is 0. The minimum absolute atomic E-state index is 1.03. The number of allylic oxidation sites excluding steroid dienone is 7. The summed E-state index contributed by atoms with van der Waals surface area (Å²) in [6, 6.07) is 0. The molecule has 0 radical (unpaired) electrons. The molecule has 0 fully saturated rings. The molecule has 0 aromatic rings. The van der Waals surface area contributed by atoms with Gasteiger partial charge in [0.1, 0.15) is 0 Å². The third kappa shape index (κ3) is 3.77. The van der Waals surface area contributed by atoms with Crippen LogP contribution in [0, 0.1) is 0 Å². The molecule has 0 aliphatic carbocycles. The van der Waals surface area contributed by atoms with E-state index in [-0.39, 0.29) is 0 Å². The quantitative estimate of drug-likeness (QED) is 0.549. The summed E-state index contributed by atoms with van der Waals surface area (Å²) < 4.78 is 0. The maximum atomic E-state index is 3.78. The van der Waals surface area contributed by atoms with E-state index in [9.17, 15) is 0 Å². The average Bonchev–Trinajstić information content (AvgIpc) is 2.04.